The molecule has 0 aliphatic carbocycles. The van der Waals surface area contributed by atoms with Crippen molar-refractivity contribution in [1.29, 1.82) is 0 Å². The fraction of sp³-hybridized carbons (Fsp3) is 0.130. The van der Waals surface area contributed by atoms with E-state index in [-0.39, 0.29) is 21.3 Å². The second-order valence-corrected chi connectivity index (χ2v) is 9.41. The molecule has 164 valence electrons. The molecule has 1 atom stereocenters. The van der Waals surface area contributed by atoms with Gasteiger partial charge in [-0.3, -0.25) is 0 Å². The SMILES string of the molecule is Cc1ccc(S(=O)(=O)NC(C)C(=O)Oc2cc3oc(=O)c4ccccc4c3cc2Cl)cc1. The maximum atomic E-state index is 12.5. The summed E-state index contributed by atoms with van der Waals surface area (Å²) in [7, 11) is -3.93. The predicted octanol–water partition coefficient (Wildman–Crippen LogP) is 4.18. The zero-order chi connectivity index (χ0) is 23.0. The lowest BCUT2D eigenvalue weighted by Crippen LogP contribution is -2.40. The molecule has 1 aromatic heterocycles. The fourth-order valence-electron chi connectivity index (χ4n) is 3.22. The van der Waals surface area contributed by atoms with E-state index >= 15 is 0 Å². The van der Waals surface area contributed by atoms with Crippen LogP contribution in [0.5, 0.6) is 5.75 Å². The molecule has 0 aliphatic heterocycles. The molecule has 4 aromatic rings. The summed E-state index contributed by atoms with van der Waals surface area (Å²) < 4.78 is 38.0. The molecule has 1 heterocycles. The Kier molecular flexibility index (Phi) is 5.77. The largest absolute Gasteiger partial charge is 0.424 e. The van der Waals surface area contributed by atoms with Gasteiger partial charge in [-0.05, 0) is 43.5 Å². The Morgan fingerprint density at radius 1 is 1.03 bits per heavy atom. The monoisotopic (exact) mass is 471 g/mol. The molecule has 9 heteroatoms. The smallest absolute Gasteiger partial charge is 0.344 e. The standard InChI is InChI=1S/C23H18ClNO6S/c1-13-7-9-15(10-8-13)32(28,29)25-14(2)22(26)31-21-12-20-18(11-19(21)24)16-5-3-4-6-17(16)23(27)30-20/h3-12,14,25H,1-2H3. The molecule has 0 bridgehead atoms. The summed E-state index contributed by atoms with van der Waals surface area (Å²) in [5, 5.41) is 1.74. The summed E-state index contributed by atoms with van der Waals surface area (Å²) in [6, 6.07) is 14.8. The van der Waals surface area contributed by atoms with Crippen LogP contribution in [0.2, 0.25) is 5.02 Å². The van der Waals surface area contributed by atoms with Crippen LogP contribution in [0.4, 0.5) is 0 Å². The van der Waals surface area contributed by atoms with Crippen LogP contribution in [0, 0.1) is 6.92 Å². The van der Waals surface area contributed by atoms with Gasteiger partial charge in [0.2, 0.25) is 10.0 Å². The minimum absolute atomic E-state index is 0.0279. The number of sulfonamides is 1. The van der Waals surface area contributed by atoms with Crippen molar-refractivity contribution in [3.63, 3.8) is 0 Å². The van der Waals surface area contributed by atoms with Crippen LogP contribution < -0.4 is 15.1 Å². The van der Waals surface area contributed by atoms with Crippen molar-refractivity contribution in [3.05, 3.63) is 81.7 Å². The van der Waals surface area contributed by atoms with Crippen molar-refractivity contribution in [1.82, 2.24) is 4.72 Å². The average molecular weight is 472 g/mol. The van der Waals surface area contributed by atoms with Gasteiger partial charge in [-0.1, -0.05) is 47.5 Å². The second kappa shape index (κ2) is 8.38. The molecule has 7 nitrogen and oxygen atoms in total. The first-order chi connectivity index (χ1) is 15.2. The quantitative estimate of drug-likeness (QED) is 0.203. The molecule has 0 saturated carbocycles. The lowest BCUT2D eigenvalue weighted by atomic mass is 10.1. The lowest BCUT2D eigenvalue weighted by molar-refractivity contribution is -0.135. The zero-order valence-electron chi connectivity index (χ0n) is 17.1. The highest BCUT2D eigenvalue weighted by molar-refractivity contribution is 7.89. The summed E-state index contributed by atoms with van der Waals surface area (Å²) in [5.41, 5.74) is 0.558. The van der Waals surface area contributed by atoms with Gasteiger partial charge < -0.3 is 9.15 Å². The predicted molar refractivity (Wildman–Crippen MR) is 122 cm³/mol. The van der Waals surface area contributed by atoms with Crippen molar-refractivity contribution >= 4 is 49.3 Å². The summed E-state index contributed by atoms with van der Waals surface area (Å²) in [6.45, 7) is 3.19. The van der Waals surface area contributed by atoms with E-state index in [1.807, 2.05) is 6.92 Å². The number of carbonyl (C=O) groups is 1. The van der Waals surface area contributed by atoms with Crippen LogP contribution in [0.25, 0.3) is 21.7 Å². The minimum atomic E-state index is -3.93. The van der Waals surface area contributed by atoms with Crippen molar-refractivity contribution in [3.8, 4) is 5.75 Å². The molecular formula is C23H18ClNO6S. The van der Waals surface area contributed by atoms with Crippen molar-refractivity contribution in [2.24, 2.45) is 0 Å². The van der Waals surface area contributed by atoms with Crippen molar-refractivity contribution in [2.45, 2.75) is 24.8 Å². The van der Waals surface area contributed by atoms with E-state index in [2.05, 4.69) is 4.72 Å². The summed E-state index contributed by atoms with van der Waals surface area (Å²) in [5.74, 6) is -0.922. The van der Waals surface area contributed by atoms with Gasteiger partial charge in [0.05, 0.1) is 15.3 Å². The number of benzene rings is 3. The summed E-state index contributed by atoms with van der Waals surface area (Å²) >= 11 is 6.30. The molecular weight excluding hydrogens is 454 g/mol. The lowest BCUT2D eigenvalue weighted by Gasteiger charge is -2.15. The van der Waals surface area contributed by atoms with Crippen LogP contribution in [0.1, 0.15) is 12.5 Å². The number of hydrogen-bond donors (Lipinski definition) is 1. The Bertz CT molecular complexity index is 1510. The van der Waals surface area contributed by atoms with E-state index in [0.29, 0.717) is 16.2 Å². The maximum Gasteiger partial charge on any atom is 0.344 e. The second-order valence-electron chi connectivity index (χ2n) is 7.29. The third-order valence-corrected chi connectivity index (χ3v) is 6.75. The third kappa shape index (κ3) is 4.25. The highest BCUT2D eigenvalue weighted by Crippen LogP contribution is 2.33. The van der Waals surface area contributed by atoms with Crippen molar-refractivity contribution < 1.29 is 22.4 Å². The molecule has 4 rings (SSSR count). The minimum Gasteiger partial charge on any atom is -0.424 e. The highest BCUT2D eigenvalue weighted by atomic mass is 35.5. The number of fused-ring (bicyclic) bond motifs is 3. The van der Waals surface area contributed by atoms with Gasteiger partial charge in [0.25, 0.3) is 0 Å². The zero-order valence-corrected chi connectivity index (χ0v) is 18.7. The number of rotatable bonds is 5. The Morgan fingerprint density at radius 3 is 2.38 bits per heavy atom. The normalized spacial score (nSPS) is 12.7. The molecule has 0 amide bonds. The molecule has 3 aromatic carbocycles. The van der Waals surface area contributed by atoms with Gasteiger partial charge in [0, 0.05) is 11.5 Å². The number of ether oxygens (including phenoxy) is 1. The first-order valence-corrected chi connectivity index (χ1v) is 11.5. The van der Waals surface area contributed by atoms with Crippen LogP contribution in [0.3, 0.4) is 0 Å². The van der Waals surface area contributed by atoms with Gasteiger partial charge in [-0.15, -0.1) is 0 Å². The van der Waals surface area contributed by atoms with Crippen LogP contribution in [-0.2, 0) is 14.8 Å². The highest BCUT2D eigenvalue weighted by Gasteiger charge is 2.24. The maximum absolute atomic E-state index is 12.5. The molecule has 0 spiro atoms. The van der Waals surface area contributed by atoms with Crippen LogP contribution in [-0.4, -0.2) is 20.4 Å². The van der Waals surface area contributed by atoms with Gasteiger partial charge in [0.15, 0.2) is 5.75 Å². The molecule has 0 fully saturated rings. The first kappa shape index (κ1) is 22.0. The number of halogens is 1. The summed E-state index contributed by atoms with van der Waals surface area (Å²) in [6.07, 6.45) is 0. The number of carbonyl (C=O) groups excluding carboxylic acids is 1. The Hall–Kier alpha value is -3.20. The van der Waals surface area contributed by atoms with E-state index in [0.717, 1.165) is 5.56 Å². The first-order valence-electron chi connectivity index (χ1n) is 9.61. The topological polar surface area (TPSA) is 103 Å². The number of nitrogens with one attached hydrogen (secondary N) is 1. The van der Waals surface area contributed by atoms with E-state index < -0.39 is 27.7 Å². The number of hydrogen-bond acceptors (Lipinski definition) is 6. The number of esters is 1. The fourth-order valence-corrected chi connectivity index (χ4v) is 4.62. The molecule has 1 unspecified atom stereocenters. The summed E-state index contributed by atoms with van der Waals surface area (Å²) in [4.78, 5) is 24.8. The van der Waals surface area contributed by atoms with E-state index in [4.69, 9.17) is 20.8 Å². The Morgan fingerprint density at radius 2 is 1.69 bits per heavy atom. The molecule has 32 heavy (non-hydrogen) atoms. The molecule has 0 aliphatic rings. The molecule has 1 N–H and O–H groups in total. The van der Waals surface area contributed by atoms with Crippen LogP contribution >= 0.6 is 11.6 Å². The van der Waals surface area contributed by atoms with E-state index in [1.54, 1.807) is 36.4 Å². The van der Waals surface area contributed by atoms with Crippen molar-refractivity contribution in [2.75, 3.05) is 0 Å². The van der Waals surface area contributed by atoms with E-state index in [9.17, 15) is 18.0 Å². The van der Waals surface area contributed by atoms with Gasteiger partial charge in [0.1, 0.15) is 11.6 Å². The molecule has 0 radical (unpaired) electrons. The Labute approximate surface area is 188 Å². The Balaban J connectivity index is 1.60. The molecule has 0 saturated heterocycles. The van der Waals surface area contributed by atoms with E-state index in [1.165, 1.54) is 31.2 Å². The van der Waals surface area contributed by atoms with Gasteiger partial charge >= 0.3 is 11.6 Å². The van der Waals surface area contributed by atoms with Gasteiger partial charge in [-0.25, -0.2) is 18.0 Å². The average Bonchev–Trinajstić information content (AvgIpc) is 2.75. The van der Waals surface area contributed by atoms with Gasteiger partial charge in [-0.2, -0.15) is 4.72 Å². The van der Waals surface area contributed by atoms with Crippen LogP contribution in [0.15, 0.2) is 74.8 Å². The number of aryl methyl sites for hydroxylation is 1. The third-order valence-electron chi connectivity index (χ3n) is 4.90.